The van der Waals surface area contributed by atoms with Gasteiger partial charge in [0.2, 0.25) is 0 Å². The van der Waals surface area contributed by atoms with Crippen molar-refractivity contribution in [3.05, 3.63) is 35.9 Å². The van der Waals surface area contributed by atoms with Gasteiger partial charge < -0.3 is 15.5 Å². The highest BCUT2D eigenvalue weighted by molar-refractivity contribution is 5.81. The molecule has 4 nitrogen and oxygen atoms in total. The van der Waals surface area contributed by atoms with Gasteiger partial charge in [-0.2, -0.15) is 0 Å². The van der Waals surface area contributed by atoms with Crippen LogP contribution in [0.5, 0.6) is 0 Å². The third kappa shape index (κ3) is 2.78. The number of aliphatic hydroxyl groups is 2. The Hall–Kier alpha value is -1.65. The molecule has 96 valence electrons. The van der Waals surface area contributed by atoms with E-state index in [2.05, 4.69) is 10.3 Å². The molecule has 1 heterocycles. The van der Waals surface area contributed by atoms with Crippen LogP contribution < -0.4 is 5.32 Å². The van der Waals surface area contributed by atoms with E-state index in [1.54, 1.807) is 0 Å². The minimum Gasteiger partial charge on any atom is -0.396 e. The smallest absolute Gasteiger partial charge is 0.132 e. The number of hydrogen-bond donors (Lipinski definition) is 3. The Morgan fingerprint density at radius 2 is 2.06 bits per heavy atom. The summed E-state index contributed by atoms with van der Waals surface area (Å²) < 4.78 is 0. The maximum Gasteiger partial charge on any atom is 0.132 e. The highest BCUT2D eigenvalue weighted by Crippen LogP contribution is 2.21. The first-order chi connectivity index (χ1) is 8.74. The van der Waals surface area contributed by atoms with E-state index in [9.17, 15) is 5.11 Å². The number of rotatable bonds is 5. The van der Waals surface area contributed by atoms with Gasteiger partial charge in [-0.25, -0.2) is 4.98 Å². The Bertz CT molecular complexity index is 528. The third-order valence-corrected chi connectivity index (χ3v) is 2.92. The van der Waals surface area contributed by atoms with Gasteiger partial charge in [-0.15, -0.1) is 0 Å². The minimum atomic E-state index is -0.0496. The summed E-state index contributed by atoms with van der Waals surface area (Å²) >= 11 is 0. The maximum atomic E-state index is 9.39. The van der Waals surface area contributed by atoms with Crippen molar-refractivity contribution in [2.75, 3.05) is 11.9 Å². The first kappa shape index (κ1) is 12.8. The molecule has 0 radical (unpaired) electrons. The van der Waals surface area contributed by atoms with Crippen molar-refractivity contribution in [2.24, 2.45) is 0 Å². The van der Waals surface area contributed by atoms with Crippen molar-refractivity contribution < 1.29 is 10.2 Å². The lowest BCUT2D eigenvalue weighted by atomic mass is 10.1. The summed E-state index contributed by atoms with van der Waals surface area (Å²) in [5.41, 5.74) is 1.67. The third-order valence-electron chi connectivity index (χ3n) is 2.92. The Kier molecular flexibility index (Phi) is 4.12. The van der Waals surface area contributed by atoms with E-state index >= 15 is 0 Å². The molecule has 1 atom stereocenters. The SMILES string of the molecule is CC(CCO)Nc1nc2ccccc2cc1CO. The van der Waals surface area contributed by atoms with Crippen molar-refractivity contribution in [1.29, 1.82) is 0 Å². The molecule has 0 fully saturated rings. The fraction of sp³-hybridized carbons (Fsp3) is 0.357. The van der Waals surface area contributed by atoms with Crippen LogP contribution in [-0.4, -0.2) is 27.8 Å². The molecular formula is C14H18N2O2. The number of fused-ring (bicyclic) bond motifs is 1. The zero-order valence-corrected chi connectivity index (χ0v) is 10.4. The predicted octanol–water partition coefficient (Wildman–Crippen LogP) is 1.91. The van der Waals surface area contributed by atoms with Gasteiger partial charge in [0.05, 0.1) is 12.1 Å². The molecule has 1 aromatic heterocycles. The second-order valence-corrected chi connectivity index (χ2v) is 4.40. The summed E-state index contributed by atoms with van der Waals surface area (Å²) in [6, 6.07) is 9.87. The first-order valence-corrected chi connectivity index (χ1v) is 6.11. The van der Waals surface area contributed by atoms with Crippen LogP contribution in [0.25, 0.3) is 10.9 Å². The number of nitrogens with one attached hydrogen (secondary N) is 1. The number of aliphatic hydroxyl groups excluding tert-OH is 2. The van der Waals surface area contributed by atoms with Gasteiger partial charge in [0, 0.05) is 23.6 Å². The molecular weight excluding hydrogens is 228 g/mol. The molecule has 0 amide bonds. The van der Waals surface area contributed by atoms with Gasteiger partial charge >= 0.3 is 0 Å². The molecule has 2 aromatic rings. The van der Waals surface area contributed by atoms with Crippen molar-refractivity contribution >= 4 is 16.7 Å². The van der Waals surface area contributed by atoms with E-state index < -0.39 is 0 Å². The molecule has 0 saturated heterocycles. The molecule has 0 aliphatic carbocycles. The van der Waals surface area contributed by atoms with Crippen LogP contribution >= 0.6 is 0 Å². The summed E-state index contributed by atoms with van der Waals surface area (Å²) in [7, 11) is 0. The predicted molar refractivity (Wildman–Crippen MR) is 72.5 cm³/mol. The van der Waals surface area contributed by atoms with Gasteiger partial charge in [-0.05, 0) is 25.5 Å². The molecule has 4 heteroatoms. The van der Waals surface area contributed by atoms with Gasteiger partial charge in [0.25, 0.3) is 0 Å². The fourth-order valence-electron chi connectivity index (χ4n) is 1.90. The molecule has 18 heavy (non-hydrogen) atoms. The molecule has 2 rings (SSSR count). The highest BCUT2D eigenvalue weighted by Gasteiger charge is 2.08. The van der Waals surface area contributed by atoms with Crippen LogP contribution in [0.4, 0.5) is 5.82 Å². The zero-order chi connectivity index (χ0) is 13.0. The van der Waals surface area contributed by atoms with Gasteiger partial charge in [0.15, 0.2) is 0 Å². The number of aromatic nitrogens is 1. The van der Waals surface area contributed by atoms with E-state index in [1.165, 1.54) is 0 Å². The normalized spacial score (nSPS) is 12.6. The molecule has 1 aromatic carbocycles. The summed E-state index contributed by atoms with van der Waals surface area (Å²) in [4.78, 5) is 4.52. The lowest BCUT2D eigenvalue weighted by Gasteiger charge is -2.16. The van der Waals surface area contributed by atoms with E-state index in [0.29, 0.717) is 12.2 Å². The Balaban J connectivity index is 2.35. The first-order valence-electron chi connectivity index (χ1n) is 6.11. The molecule has 0 saturated carbocycles. The van der Waals surface area contributed by atoms with Crippen LogP contribution in [-0.2, 0) is 6.61 Å². The Labute approximate surface area is 106 Å². The fourth-order valence-corrected chi connectivity index (χ4v) is 1.90. The highest BCUT2D eigenvalue weighted by atomic mass is 16.3. The van der Waals surface area contributed by atoms with Gasteiger partial charge in [-0.3, -0.25) is 0 Å². The number of benzene rings is 1. The summed E-state index contributed by atoms with van der Waals surface area (Å²) in [5, 5.41) is 22.5. The summed E-state index contributed by atoms with van der Waals surface area (Å²) in [6.45, 7) is 2.07. The van der Waals surface area contributed by atoms with E-state index in [-0.39, 0.29) is 19.3 Å². The van der Waals surface area contributed by atoms with E-state index in [1.807, 2.05) is 37.3 Å². The molecule has 0 spiro atoms. The second-order valence-electron chi connectivity index (χ2n) is 4.40. The van der Waals surface area contributed by atoms with Crippen molar-refractivity contribution in [3.8, 4) is 0 Å². The molecule has 1 unspecified atom stereocenters. The van der Waals surface area contributed by atoms with Crippen molar-refractivity contribution in [1.82, 2.24) is 4.98 Å². The monoisotopic (exact) mass is 246 g/mol. The minimum absolute atomic E-state index is 0.0496. The average Bonchev–Trinajstić information content (AvgIpc) is 2.38. The topological polar surface area (TPSA) is 65.4 Å². The molecule has 3 N–H and O–H groups in total. The number of anilines is 1. The van der Waals surface area contributed by atoms with E-state index in [4.69, 9.17) is 5.11 Å². The van der Waals surface area contributed by atoms with Gasteiger partial charge in [-0.1, -0.05) is 18.2 Å². The molecule has 0 aliphatic rings. The number of para-hydroxylation sites is 1. The van der Waals surface area contributed by atoms with Crippen LogP contribution in [0.3, 0.4) is 0 Å². The summed E-state index contributed by atoms with van der Waals surface area (Å²) in [6.07, 6.45) is 0.652. The maximum absolute atomic E-state index is 9.39. The van der Waals surface area contributed by atoms with Crippen LogP contribution in [0.1, 0.15) is 18.9 Å². The number of pyridine rings is 1. The summed E-state index contributed by atoms with van der Waals surface area (Å²) in [5.74, 6) is 0.692. The largest absolute Gasteiger partial charge is 0.396 e. The zero-order valence-electron chi connectivity index (χ0n) is 10.4. The molecule has 0 aliphatic heterocycles. The molecule has 0 bridgehead atoms. The van der Waals surface area contributed by atoms with Crippen LogP contribution in [0.2, 0.25) is 0 Å². The quantitative estimate of drug-likeness (QED) is 0.754. The van der Waals surface area contributed by atoms with Crippen LogP contribution in [0.15, 0.2) is 30.3 Å². The Morgan fingerprint density at radius 3 is 2.78 bits per heavy atom. The van der Waals surface area contributed by atoms with Crippen molar-refractivity contribution in [3.63, 3.8) is 0 Å². The second kappa shape index (κ2) is 5.80. The standard InChI is InChI=1S/C14H18N2O2/c1-10(6-7-17)15-14-12(9-18)8-11-4-2-3-5-13(11)16-14/h2-5,8,10,17-18H,6-7,9H2,1H3,(H,15,16). The number of nitrogens with zero attached hydrogens (tertiary/aromatic N) is 1. The lowest BCUT2D eigenvalue weighted by Crippen LogP contribution is -2.18. The van der Waals surface area contributed by atoms with Crippen molar-refractivity contribution in [2.45, 2.75) is 26.0 Å². The number of hydrogen-bond acceptors (Lipinski definition) is 4. The van der Waals surface area contributed by atoms with E-state index in [0.717, 1.165) is 16.5 Å². The lowest BCUT2D eigenvalue weighted by molar-refractivity contribution is 0.279. The van der Waals surface area contributed by atoms with Gasteiger partial charge in [0.1, 0.15) is 5.82 Å². The average molecular weight is 246 g/mol. The Morgan fingerprint density at radius 1 is 1.28 bits per heavy atom. The van der Waals surface area contributed by atoms with Crippen LogP contribution in [0, 0.1) is 0 Å².